The van der Waals surface area contributed by atoms with Gasteiger partial charge >= 0.3 is 0 Å². The summed E-state index contributed by atoms with van der Waals surface area (Å²) in [6.45, 7) is 3.04. The minimum Gasteiger partial charge on any atom is -0.305 e. The summed E-state index contributed by atoms with van der Waals surface area (Å²) < 4.78 is 0. The lowest BCUT2D eigenvalue weighted by Gasteiger charge is -2.25. The maximum absolute atomic E-state index is 4.57. The molecule has 1 atom stereocenters. The molecule has 0 bridgehead atoms. The molecule has 2 aromatic heterocycles. The van der Waals surface area contributed by atoms with Gasteiger partial charge in [0.25, 0.3) is 0 Å². The lowest BCUT2D eigenvalue weighted by Crippen LogP contribution is -2.23. The van der Waals surface area contributed by atoms with Crippen LogP contribution in [0.5, 0.6) is 0 Å². The zero-order chi connectivity index (χ0) is 18.6. The average molecular weight is 379 g/mol. The maximum atomic E-state index is 4.57. The highest BCUT2D eigenvalue weighted by Crippen LogP contribution is 2.33. The molecular weight excluding hydrogens is 352 g/mol. The Balaban J connectivity index is 1.44. The van der Waals surface area contributed by atoms with Crippen LogP contribution in [-0.2, 0) is 13.1 Å². The van der Waals surface area contributed by atoms with Gasteiger partial charge in [-0.1, -0.05) is 30.3 Å². The second-order valence-electron chi connectivity index (χ2n) is 7.50. The number of hydrogen-bond donors (Lipinski definition) is 0. The van der Waals surface area contributed by atoms with Crippen molar-refractivity contribution in [2.45, 2.75) is 32.0 Å². The molecule has 1 unspecified atom stereocenters. The molecule has 1 aromatic carbocycles. The van der Waals surface area contributed by atoms with Gasteiger partial charge in [-0.2, -0.15) is 0 Å². The molecule has 0 N–H and O–H groups in total. The molecule has 1 aliphatic rings. The summed E-state index contributed by atoms with van der Waals surface area (Å²) >= 11 is 1.68. The summed E-state index contributed by atoms with van der Waals surface area (Å²) in [6, 6.07) is 13.7. The Hall–Kier alpha value is -2.08. The molecule has 3 heterocycles. The average Bonchev–Trinajstić information content (AvgIpc) is 3.35. The molecule has 0 saturated carbocycles. The van der Waals surface area contributed by atoms with E-state index in [1.54, 1.807) is 11.3 Å². The molecule has 140 valence electrons. The number of aromatic nitrogens is 2. The lowest BCUT2D eigenvalue weighted by atomic mass is 10.0. The minimum atomic E-state index is 0.496. The first kappa shape index (κ1) is 18.3. The fraction of sp³-hybridized carbons (Fsp3) is 0.364. The van der Waals surface area contributed by atoms with Gasteiger partial charge in [-0.15, -0.1) is 11.3 Å². The number of nitrogens with zero attached hydrogens (tertiary/aromatic N) is 4. The molecule has 3 aromatic rings. The SMILES string of the molecule is CN(C)Cc1ccc(C2CCCN2Cc2cnc(-c3cccs3)nc2)cc1. The van der Waals surface area contributed by atoms with Crippen LogP contribution in [0, 0.1) is 0 Å². The molecule has 1 fully saturated rings. The van der Waals surface area contributed by atoms with Crippen LogP contribution in [0.15, 0.2) is 54.2 Å². The molecule has 5 heteroatoms. The molecular formula is C22H26N4S. The third-order valence-electron chi connectivity index (χ3n) is 5.06. The van der Waals surface area contributed by atoms with Crippen LogP contribution in [-0.4, -0.2) is 40.4 Å². The maximum Gasteiger partial charge on any atom is 0.169 e. The van der Waals surface area contributed by atoms with Gasteiger partial charge in [0.15, 0.2) is 5.82 Å². The first-order valence-corrected chi connectivity index (χ1v) is 10.4. The molecule has 27 heavy (non-hydrogen) atoms. The monoisotopic (exact) mass is 378 g/mol. The summed E-state index contributed by atoms with van der Waals surface area (Å²) in [5.41, 5.74) is 3.98. The van der Waals surface area contributed by atoms with Gasteiger partial charge in [-0.25, -0.2) is 9.97 Å². The van der Waals surface area contributed by atoms with Crippen molar-refractivity contribution in [1.82, 2.24) is 19.8 Å². The van der Waals surface area contributed by atoms with Gasteiger partial charge in [0, 0.05) is 37.1 Å². The first-order chi connectivity index (χ1) is 13.2. The summed E-state index contributed by atoms with van der Waals surface area (Å²) in [6.07, 6.45) is 6.44. The highest BCUT2D eigenvalue weighted by atomic mass is 32.1. The van der Waals surface area contributed by atoms with Crippen LogP contribution in [0.1, 0.15) is 35.6 Å². The van der Waals surface area contributed by atoms with Crippen molar-refractivity contribution >= 4 is 11.3 Å². The van der Waals surface area contributed by atoms with Crippen molar-refractivity contribution in [3.63, 3.8) is 0 Å². The van der Waals surface area contributed by atoms with Crippen molar-refractivity contribution in [3.8, 4) is 10.7 Å². The second kappa shape index (κ2) is 8.30. The molecule has 0 radical (unpaired) electrons. The normalized spacial score (nSPS) is 17.7. The highest BCUT2D eigenvalue weighted by molar-refractivity contribution is 7.13. The van der Waals surface area contributed by atoms with Crippen LogP contribution in [0.2, 0.25) is 0 Å². The van der Waals surface area contributed by atoms with Crippen LogP contribution in [0.4, 0.5) is 0 Å². The lowest BCUT2D eigenvalue weighted by molar-refractivity contribution is 0.248. The van der Waals surface area contributed by atoms with E-state index in [1.807, 2.05) is 18.5 Å². The first-order valence-electron chi connectivity index (χ1n) is 9.51. The van der Waals surface area contributed by atoms with Crippen molar-refractivity contribution < 1.29 is 0 Å². The number of thiophene rings is 1. The number of likely N-dealkylation sites (tertiary alicyclic amines) is 1. The Bertz CT molecular complexity index is 841. The van der Waals surface area contributed by atoms with Crippen LogP contribution >= 0.6 is 11.3 Å². The smallest absolute Gasteiger partial charge is 0.169 e. The Labute approximate surface area is 165 Å². The Morgan fingerprint density at radius 1 is 1.07 bits per heavy atom. The molecule has 1 saturated heterocycles. The summed E-state index contributed by atoms with van der Waals surface area (Å²) in [4.78, 5) is 15.0. The van der Waals surface area contributed by atoms with E-state index < -0.39 is 0 Å². The molecule has 4 rings (SSSR count). The van der Waals surface area contributed by atoms with Crippen molar-refractivity contribution in [2.75, 3.05) is 20.6 Å². The molecule has 0 aliphatic carbocycles. The number of benzene rings is 1. The van der Waals surface area contributed by atoms with Gasteiger partial charge in [-0.05, 0) is 56.1 Å². The molecule has 1 aliphatic heterocycles. The molecule has 4 nitrogen and oxygen atoms in total. The van der Waals surface area contributed by atoms with E-state index in [4.69, 9.17) is 0 Å². The van der Waals surface area contributed by atoms with Crippen LogP contribution in [0.3, 0.4) is 0 Å². The van der Waals surface area contributed by atoms with E-state index in [0.717, 1.165) is 30.3 Å². The van der Waals surface area contributed by atoms with E-state index in [2.05, 4.69) is 69.6 Å². The standard InChI is InChI=1S/C22H26N4S/c1-25(2)15-17-7-9-19(10-8-17)20-5-3-11-26(20)16-18-13-23-22(24-14-18)21-6-4-12-27-21/h4,6-10,12-14,20H,3,5,11,15-16H2,1-2H3. The van der Waals surface area contributed by atoms with E-state index >= 15 is 0 Å². The Morgan fingerprint density at radius 2 is 1.85 bits per heavy atom. The molecule has 0 amide bonds. The van der Waals surface area contributed by atoms with Gasteiger partial charge in [-0.3, -0.25) is 4.90 Å². The number of rotatable bonds is 6. The fourth-order valence-corrected chi connectivity index (χ4v) is 4.48. The summed E-state index contributed by atoms with van der Waals surface area (Å²) in [5, 5.41) is 2.06. The highest BCUT2D eigenvalue weighted by Gasteiger charge is 2.26. The van der Waals surface area contributed by atoms with E-state index in [9.17, 15) is 0 Å². The van der Waals surface area contributed by atoms with Crippen molar-refractivity contribution in [1.29, 1.82) is 0 Å². The fourth-order valence-electron chi connectivity index (χ4n) is 3.81. The van der Waals surface area contributed by atoms with E-state index in [1.165, 1.54) is 29.5 Å². The minimum absolute atomic E-state index is 0.496. The zero-order valence-corrected chi connectivity index (χ0v) is 16.8. The quantitative estimate of drug-likeness (QED) is 0.627. The summed E-state index contributed by atoms with van der Waals surface area (Å²) in [5.74, 6) is 0.822. The van der Waals surface area contributed by atoms with Crippen molar-refractivity contribution in [2.24, 2.45) is 0 Å². The Morgan fingerprint density at radius 3 is 2.52 bits per heavy atom. The largest absolute Gasteiger partial charge is 0.305 e. The molecule has 0 spiro atoms. The van der Waals surface area contributed by atoms with Gasteiger partial charge < -0.3 is 4.90 Å². The van der Waals surface area contributed by atoms with Crippen LogP contribution < -0.4 is 0 Å². The van der Waals surface area contributed by atoms with E-state index in [-0.39, 0.29) is 0 Å². The van der Waals surface area contributed by atoms with Crippen LogP contribution in [0.25, 0.3) is 10.7 Å². The van der Waals surface area contributed by atoms with E-state index in [0.29, 0.717) is 6.04 Å². The van der Waals surface area contributed by atoms with Gasteiger partial charge in [0.2, 0.25) is 0 Å². The Kier molecular flexibility index (Phi) is 5.62. The third-order valence-corrected chi connectivity index (χ3v) is 5.93. The predicted molar refractivity (Wildman–Crippen MR) is 112 cm³/mol. The van der Waals surface area contributed by atoms with Crippen molar-refractivity contribution in [3.05, 3.63) is 70.9 Å². The van der Waals surface area contributed by atoms with Gasteiger partial charge in [0.05, 0.1) is 4.88 Å². The second-order valence-corrected chi connectivity index (χ2v) is 8.45. The predicted octanol–water partition coefficient (Wildman–Crippen LogP) is 4.60. The third kappa shape index (κ3) is 4.43. The zero-order valence-electron chi connectivity index (χ0n) is 16.0. The topological polar surface area (TPSA) is 32.3 Å². The van der Waals surface area contributed by atoms with Gasteiger partial charge in [0.1, 0.15) is 0 Å². The summed E-state index contributed by atoms with van der Waals surface area (Å²) in [7, 11) is 4.22. The number of hydrogen-bond acceptors (Lipinski definition) is 5.